The van der Waals surface area contributed by atoms with Crippen LogP contribution in [-0.4, -0.2) is 27.4 Å². The SMILES string of the molecule is N#Cc1ccc2c(c1)c1ccccc1n2-c1c(C#N)cc(-c2ccccc2-n2c3ccccc3c3ccccc32)cc1-c1ccccc1.N#Cc1ccc2c(c1)c1ccccc1n2-c1c(C#N)cccc1-c1ccc(-n2c3ccccc3c3ccccc32)c(-c2ccccc2)c1.N#Cc1ccc2c(c1)c1ccccc1n2-c1c(C#N)cccc1-c1ccc(-n2c3ccccc3c3ccccc32)c(-c2ccccc2)c1. The van der Waals surface area contributed by atoms with Crippen molar-refractivity contribution in [1.82, 2.24) is 27.4 Å². The largest absolute Gasteiger partial charge is 0.309 e. The Balaban J connectivity index is 0.000000113. The van der Waals surface area contributed by atoms with Gasteiger partial charge in [0, 0.05) is 98.0 Å². The van der Waals surface area contributed by atoms with Crippen molar-refractivity contribution in [3.63, 3.8) is 0 Å². The quantitative estimate of drug-likeness (QED) is 0.118. The summed E-state index contributed by atoms with van der Waals surface area (Å²) in [6, 6.07) is 177. The number of para-hydroxylation sites is 12. The van der Waals surface area contributed by atoms with E-state index in [0.717, 1.165) is 199 Å². The lowest BCUT2D eigenvalue weighted by Crippen LogP contribution is -2.03. The number of nitriles is 6. The molecule has 0 unspecified atom stereocenters. The monoisotopic (exact) mass is 1830 g/mol. The van der Waals surface area contributed by atoms with Crippen LogP contribution in [0.15, 0.2) is 473 Å². The van der Waals surface area contributed by atoms with Gasteiger partial charge in [0.2, 0.25) is 0 Å². The molecule has 27 rings (SSSR count). The van der Waals surface area contributed by atoms with Crippen molar-refractivity contribution in [2.45, 2.75) is 0 Å². The van der Waals surface area contributed by atoms with Gasteiger partial charge in [0.1, 0.15) is 18.2 Å². The maximum atomic E-state index is 10.9. The van der Waals surface area contributed by atoms with E-state index in [-0.39, 0.29) is 0 Å². The highest BCUT2D eigenvalue weighted by atomic mass is 15.0. The molecule has 27 aromatic rings. The molecule has 0 saturated carbocycles. The van der Waals surface area contributed by atoms with Gasteiger partial charge in [-0.1, -0.05) is 309 Å². The van der Waals surface area contributed by atoms with E-state index >= 15 is 0 Å². The van der Waals surface area contributed by atoms with Crippen LogP contribution in [0, 0.1) is 68.0 Å². The van der Waals surface area contributed by atoms with E-state index < -0.39 is 0 Å². The molecule has 0 saturated heterocycles. The van der Waals surface area contributed by atoms with Gasteiger partial charge < -0.3 is 27.4 Å². The molecule has 0 aliphatic rings. The molecule has 0 aliphatic carbocycles. The van der Waals surface area contributed by atoms with Crippen molar-refractivity contribution in [1.29, 1.82) is 31.6 Å². The van der Waals surface area contributed by atoms with Crippen LogP contribution in [0.4, 0.5) is 0 Å². The molecule has 0 atom stereocenters. The van der Waals surface area contributed by atoms with E-state index in [1.165, 1.54) is 32.3 Å². The minimum atomic E-state index is 0.565. The third-order valence-corrected chi connectivity index (χ3v) is 28.2. The summed E-state index contributed by atoms with van der Waals surface area (Å²) in [6.45, 7) is 0. The third-order valence-electron chi connectivity index (χ3n) is 28.2. The number of aromatic nitrogens is 6. The van der Waals surface area contributed by atoms with Crippen molar-refractivity contribution < 1.29 is 0 Å². The van der Waals surface area contributed by atoms with Crippen molar-refractivity contribution >= 4 is 131 Å². The molecular formula is C132H78N12. The molecule has 0 fully saturated rings. The Hall–Kier alpha value is -20.6. The van der Waals surface area contributed by atoms with Crippen molar-refractivity contribution in [3.8, 4) is 137 Å². The number of hydrogen-bond donors (Lipinski definition) is 0. The summed E-state index contributed by atoms with van der Waals surface area (Å²) in [5.41, 5.74) is 34.1. The molecule has 0 radical (unpaired) electrons. The fraction of sp³-hybridized carbons (Fsp3) is 0. The number of nitrogens with zero attached hydrogens (tertiary/aromatic N) is 12. The first-order chi connectivity index (χ1) is 71.2. The van der Waals surface area contributed by atoms with Crippen molar-refractivity contribution in [2.75, 3.05) is 0 Å². The van der Waals surface area contributed by atoms with E-state index in [4.69, 9.17) is 0 Å². The molecule has 6 aromatic heterocycles. The molecule has 12 nitrogen and oxygen atoms in total. The normalized spacial score (nSPS) is 11.3. The van der Waals surface area contributed by atoms with E-state index in [1.807, 2.05) is 152 Å². The van der Waals surface area contributed by atoms with Gasteiger partial charge in [-0.05, 0) is 197 Å². The predicted octanol–water partition coefficient (Wildman–Crippen LogP) is 32.9. The van der Waals surface area contributed by atoms with Gasteiger partial charge in [0.05, 0.1) is 152 Å². The van der Waals surface area contributed by atoms with Gasteiger partial charge in [0.25, 0.3) is 0 Å². The summed E-state index contributed by atoms with van der Waals surface area (Å²) in [7, 11) is 0. The second kappa shape index (κ2) is 35.5. The molecule has 666 valence electrons. The lowest BCUT2D eigenvalue weighted by Gasteiger charge is -2.19. The summed E-state index contributed by atoms with van der Waals surface area (Å²) in [5.74, 6) is 0. The number of benzene rings is 21. The first-order valence-electron chi connectivity index (χ1n) is 47.7. The predicted molar refractivity (Wildman–Crippen MR) is 586 cm³/mol. The van der Waals surface area contributed by atoms with E-state index in [1.54, 1.807) is 0 Å². The van der Waals surface area contributed by atoms with Gasteiger partial charge in [-0.3, -0.25) is 0 Å². The van der Waals surface area contributed by atoms with Crippen LogP contribution in [-0.2, 0) is 0 Å². The van der Waals surface area contributed by atoms with E-state index in [0.29, 0.717) is 33.4 Å². The van der Waals surface area contributed by atoms with Crippen molar-refractivity contribution in [2.24, 2.45) is 0 Å². The molecule has 0 spiro atoms. The molecule has 6 heterocycles. The highest BCUT2D eigenvalue weighted by Gasteiger charge is 2.29. The highest BCUT2D eigenvalue weighted by Crippen LogP contribution is 2.49. The summed E-state index contributed by atoms with van der Waals surface area (Å²) >= 11 is 0. The van der Waals surface area contributed by atoms with Crippen LogP contribution < -0.4 is 0 Å². The van der Waals surface area contributed by atoms with Gasteiger partial charge in [0.15, 0.2) is 0 Å². The second-order valence-electron chi connectivity index (χ2n) is 35.9. The second-order valence-corrected chi connectivity index (χ2v) is 35.9. The van der Waals surface area contributed by atoms with Crippen LogP contribution in [0.3, 0.4) is 0 Å². The Kier molecular flexibility index (Phi) is 21.0. The van der Waals surface area contributed by atoms with Crippen molar-refractivity contribution in [3.05, 3.63) is 507 Å². The topological polar surface area (TPSA) is 172 Å². The average molecular weight is 1830 g/mol. The summed E-state index contributed by atoms with van der Waals surface area (Å²) in [6.07, 6.45) is 0. The number of fused-ring (bicyclic) bond motifs is 18. The molecule has 12 heteroatoms. The molecule has 144 heavy (non-hydrogen) atoms. The zero-order valence-electron chi connectivity index (χ0n) is 77.4. The molecule has 0 amide bonds. The Bertz CT molecular complexity index is 9710. The maximum absolute atomic E-state index is 10.9. The van der Waals surface area contributed by atoms with Gasteiger partial charge >= 0.3 is 0 Å². The summed E-state index contributed by atoms with van der Waals surface area (Å²) in [5, 5.41) is 74.3. The summed E-state index contributed by atoms with van der Waals surface area (Å²) < 4.78 is 13.6. The lowest BCUT2D eigenvalue weighted by atomic mass is 9.93. The molecule has 0 aliphatic heterocycles. The maximum Gasteiger partial charge on any atom is 0.101 e. The smallest absolute Gasteiger partial charge is 0.101 e. The average Bonchev–Trinajstić information content (AvgIpc) is 1.58. The minimum Gasteiger partial charge on any atom is -0.309 e. The van der Waals surface area contributed by atoms with Crippen LogP contribution in [0.2, 0.25) is 0 Å². The molecule has 0 bridgehead atoms. The van der Waals surface area contributed by atoms with E-state index in [9.17, 15) is 31.6 Å². The van der Waals surface area contributed by atoms with Crippen LogP contribution >= 0.6 is 0 Å². The standard InChI is InChI=1S/3C44H26N4/c45-27-29-22-23-43-38(24-29)36-17-7-11-21-42(36)48(43)44-32(28-46)25-31(26-37(44)30-12-2-1-3-13-30)33-14-4-8-18-39(33)47-40-19-9-5-15-34(40)35-16-6-10-20-41(35)47;2*45-27-29-21-23-43-38(25-29)36-16-6-9-20-41(36)48(43)44-32(28-46)13-10-17-33(44)31-22-24-42(37(26-31)30-11-2-1-3-12-30)47-39-18-7-4-14-34(39)35-15-5-8-19-40(35)47/h3*1-26H. The summed E-state index contributed by atoms with van der Waals surface area (Å²) in [4.78, 5) is 0. The Morgan fingerprint density at radius 2 is 0.375 bits per heavy atom. The van der Waals surface area contributed by atoms with Gasteiger partial charge in [-0.2, -0.15) is 31.6 Å². The van der Waals surface area contributed by atoms with Gasteiger partial charge in [-0.15, -0.1) is 0 Å². The number of rotatable bonds is 12. The van der Waals surface area contributed by atoms with E-state index in [2.05, 4.69) is 385 Å². The fourth-order valence-corrected chi connectivity index (χ4v) is 22.0. The van der Waals surface area contributed by atoms with Crippen LogP contribution in [0.5, 0.6) is 0 Å². The Morgan fingerprint density at radius 3 is 0.688 bits per heavy atom. The number of hydrogen-bond acceptors (Lipinski definition) is 6. The van der Waals surface area contributed by atoms with Gasteiger partial charge in [-0.25, -0.2) is 0 Å². The molecule has 21 aromatic carbocycles. The molecule has 0 N–H and O–H groups in total. The Labute approximate surface area is 827 Å². The zero-order chi connectivity index (χ0) is 96.6. The van der Waals surface area contributed by atoms with Crippen LogP contribution in [0.25, 0.3) is 232 Å². The third kappa shape index (κ3) is 14.0. The Morgan fingerprint density at radius 1 is 0.132 bits per heavy atom. The first-order valence-corrected chi connectivity index (χ1v) is 47.7. The fourth-order valence-electron chi connectivity index (χ4n) is 22.0. The zero-order valence-corrected chi connectivity index (χ0v) is 77.4. The van der Waals surface area contributed by atoms with Crippen LogP contribution in [0.1, 0.15) is 33.4 Å². The molecular weight excluding hydrogens is 1750 g/mol. The first kappa shape index (κ1) is 85.1. The highest BCUT2D eigenvalue weighted by molar-refractivity contribution is 6.17. The minimum absolute atomic E-state index is 0.565. The lowest BCUT2D eigenvalue weighted by molar-refractivity contribution is 1.16.